The van der Waals surface area contributed by atoms with Crippen molar-refractivity contribution < 1.29 is 28.6 Å². The van der Waals surface area contributed by atoms with E-state index in [1.165, 1.54) is 0 Å². The summed E-state index contributed by atoms with van der Waals surface area (Å²) in [5.74, 6) is 1.11. The Morgan fingerprint density at radius 2 is 1.50 bits per heavy atom. The fourth-order valence-electron chi connectivity index (χ4n) is 5.59. The largest absolute Gasteiger partial charge is 0.493 e. The van der Waals surface area contributed by atoms with E-state index in [0.29, 0.717) is 79.0 Å². The zero-order valence-electron chi connectivity index (χ0n) is 30.9. The zero-order chi connectivity index (χ0) is 35.9. The first-order valence-corrected chi connectivity index (χ1v) is 17.7. The number of rotatable bonds is 18. The SMILES string of the molecule is CCCOc1cc(C(=O)N(C)c2ccc(C)cc2OCCCCCC(=O)N2CCN(C)CC2)ccc1NC(=O)c1ccccc1OCCCN.Cl.Cl. The lowest BCUT2D eigenvalue weighted by atomic mass is 10.1. The highest BCUT2D eigenvalue weighted by Crippen LogP contribution is 2.33. The molecule has 286 valence electrons. The van der Waals surface area contributed by atoms with E-state index < -0.39 is 0 Å². The molecule has 0 atom stereocenters. The normalized spacial score (nSPS) is 12.6. The number of carbonyl (C=O) groups excluding carboxylic acids is 3. The van der Waals surface area contributed by atoms with Gasteiger partial charge in [-0.05, 0) is 101 Å². The third-order valence-corrected chi connectivity index (χ3v) is 8.61. The van der Waals surface area contributed by atoms with Crippen LogP contribution in [0.15, 0.2) is 60.7 Å². The van der Waals surface area contributed by atoms with Crippen LogP contribution in [0.1, 0.15) is 71.7 Å². The molecule has 1 fully saturated rings. The second-order valence-corrected chi connectivity index (χ2v) is 12.7. The molecule has 0 saturated carbocycles. The summed E-state index contributed by atoms with van der Waals surface area (Å²) in [6.45, 7) is 9.21. The molecule has 4 rings (SSSR count). The van der Waals surface area contributed by atoms with Gasteiger partial charge in [-0.1, -0.05) is 25.1 Å². The van der Waals surface area contributed by atoms with Crippen LogP contribution in [0.3, 0.4) is 0 Å². The van der Waals surface area contributed by atoms with Crippen LogP contribution in [0.2, 0.25) is 0 Å². The van der Waals surface area contributed by atoms with Crippen molar-refractivity contribution >= 4 is 53.9 Å². The van der Waals surface area contributed by atoms with E-state index in [4.69, 9.17) is 19.9 Å². The molecule has 1 aliphatic heterocycles. The van der Waals surface area contributed by atoms with Crippen LogP contribution < -0.4 is 30.2 Å². The number of anilines is 2. The van der Waals surface area contributed by atoms with Crippen LogP contribution in [-0.4, -0.2) is 94.2 Å². The van der Waals surface area contributed by atoms with Gasteiger partial charge in [0, 0.05) is 45.2 Å². The van der Waals surface area contributed by atoms with Crippen LogP contribution in [-0.2, 0) is 4.79 Å². The van der Waals surface area contributed by atoms with Crippen molar-refractivity contribution in [3.63, 3.8) is 0 Å². The molecule has 0 bridgehead atoms. The van der Waals surface area contributed by atoms with Gasteiger partial charge in [0.25, 0.3) is 11.8 Å². The Hall–Kier alpha value is -4.03. The quantitative estimate of drug-likeness (QED) is 0.139. The van der Waals surface area contributed by atoms with Crippen molar-refractivity contribution in [1.29, 1.82) is 0 Å². The standard InChI is InChI=1S/C39H53N5O6.2ClH/c1-5-24-48-35-28-30(16-17-32(35)41-38(46)31-12-8-9-13-34(31)49-26-11-19-40)39(47)43(4)33-18-15-29(2)27-36(33)50-25-10-6-7-14-37(45)44-22-20-42(3)21-23-44;;/h8-9,12-13,15-18,27-28H,5-7,10-11,14,19-26,40H2,1-4H3,(H,41,46);2*1H. The van der Waals surface area contributed by atoms with Gasteiger partial charge in [0.1, 0.15) is 17.2 Å². The summed E-state index contributed by atoms with van der Waals surface area (Å²) in [5.41, 5.74) is 8.49. The first-order valence-electron chi connectivity index (χ1n) is 17.7. The van der Waals surface area contributed by atoms with Gasteiger partial charge in [0.15, 0.2) is 0 Å². The second-order valence-electron chi connectivity index (χ2n) is 12.7. The number of piperazine rings is 1. The van der Waals surface area contributed by atoms with Gasteiger partial charge in [-0.25, -0.2) is 0 Å². The number of nitrogens with two attached hydrogens (primary N) is 1. The number of carbonyl (C=O) groups is 3. The number of aryl methyl sites for hydroxylation is 1. The van der Waals surface area contributed by atoms with E-state index in [0.717, 1.165) is 57.4 Å². The maximum Gasteiger partial charge on any atom is 0.259 e. The average molecular weight is 761 g/mol. The van der Waals surface area contributed by atoms with Crippen LogP contribution in [0.5, 0.6) is 17.2 Å². The van der Waals surface area contributed by atoms with Crippen LogP contribution in [0, 0.1) is 6.92 Å². The predicted octanol–water partition coefficient (Wildman–Crippen LogP) is 6.60. The van der Waals surface area contributed by atoms with Crippen molar-refractivity contribution in [2.75, 3.05) is 76.9 Å². The Balaban J connectivity index is 0.00000468. The number of hydrogen-bond donors (Lipinski definition) is 2. The zero-order valence-corrected chi connectivity index (χ0v) is 32.5. The van der Waals surface area contributed by atoms with Crippen molar-refractivity contribution in [2.45, 2.75) is 52.4 Å². The van der Waals surface area contributed by atoms with E-state index in [-0.39, 0.29) is 42.5 Å². The number of nitrogens with zero attached hydrogens (tertiary/aromatic N) is 3. The molecule has 3 aromatic rings. The number of para-hydroxylation sites is 1. The van der Waals surface area contributed by atoms with Gasteiger partial charge in [-0.3, -0.25) is 14.4 Å². The van der Waals surface area contributed by atoms with Gasteiger partial charge in [-0.2, -0.15) is 0 Å². The molecule has 1 aliphatic rings. The highest BCUT2D eigenvalue weighted by Gasteiger charge is 2.22. The molecule has 3 aromatic carbocycles. The van der Waals surface area contributed by atoms with E-state index in [1.54, 1.807) is 48.3 Å². The molecule has 13 heteroatoms. The molecule has 1 heterocycles. The van der Waals surface area contributed by atoms with E-state index in [2.05, 4.69) is 17.3 Å². The fourth-order valence-corrected chi connectivity index (χ4v) is 5.59. The Morgan fingerprint density at radius 1 is 0.808 bits per heavy atom. The number of ether oxygens (including phenoxy) is 3. The summed E-state index contributed by atoms with van der Waals surface area (Å²) in [4.78, 5) is 45.5. The molecular weight excluding hydrogens is 705 g/mol. The van der Waals surface area contributed by atoms with Crippen LogP contribution >= 0.6 is 24.8 Å². The predicted molar refractivity (Wildman–Crippen MR) is 212 cm³/mol. The average Bonchev–Trinajstić information content (AvgIpc) is 3.12. The first kappa shape index (κ1) is 44.1. The highest BCUT2D eigenvalue weighted by atomic mass is 35.5. The molecule has 0 spiro atoms. The summed E-state index contributed by atoms with van der Waals surface area (Å²) in [7, 11) is 3.80. The monoisotopic (exact) mass is 759 g/mol. The molecule has 0 aromatic heterocycles. The minimum atomic E-state index is -0.353. The smallest absolute Gasteiger partial charge is 0.259 e. The minimum absolute atomic E-state index is 0. The molecular formula is C39H55Cl2N5O6. The Kier molecular flexibility index (Phi) is 19.4. The summed E-state index contributed by atoms with van der Waals surface area (Å²) in [6, 6.07) is 17.8. The summed E-state index contributed by atoms with van der Waals surface area (Å²) < 4.78 is 18.0. The molecule has 3 N–H and O–H groups in total. The van der Waals surface area contributed by atoms with Gasteiger partial charge in [0.05, 0.1) is 36.8 Å². The summed E-state index contributed by atoms with van der Waals surface area (Å²) >= 11 is 0. The molecule has 3 amide bonds. The Labute approximate surface area is 321 Å². The molecule has 0 radical (unpaired) electrons. The van der Waals surface area contributed by atoms with Gasteiger partial charge in [-0.15, -0.1) is 24.8 Å². The Morgan fingerprint density at radius 3 is 2.23 bits per heavy atom. The molecule has 11 nitrogen and oxygen atoms in total. The molecule has 0 aliphatic carbocycles. The number of likely N-dealkylation sites (N-methyl/N-ethyl adjacent to an activating group) is 1. The summed E-state index contributed by atoms with van der Waals surface area (Å²) in [5, 5.41) is 2.93. The number of benzene rings is 3. The highest BCUT2D eigenvalue weighted by molar-refractivity contribution is 6.09. The number of halogens is 2. The topological polar surface area (TPSA) is 127 Å². The number of unbranched alkanes of at least 4 members (excludes halogenated alkanes) is 2. The maximum atomic E-state index is 13.8. The summed E-state index contributed by atoms with van der Waals surface area (Å²) in [6.07, 6.45) is 4.48. The van der Waals surface area contributed by atoms with Crippen molar-refractivity contribution in [2.24, 2.45) is 5.73 Å². The van der Waals surface area contributed by atoms with Crippen LogP contribution in [0.25, 0.3) is 0 Å². The number of hydrogen-bond acceptors (Lipinski definition) is 8. The molecule has 0 unspecified atom stereocenters. The Bertz CT molecular complexity index is 1580. The van der Waals surface area contributed by atoms with E-state index in [9.17, 15) is 14.4 Å². The molecule has 1 saturated heterocycles. The lowest BCUT2D eigenvalue weighted by molar-refractivity contribution is -0.132. The third-order valence-electron chi connectivity index (χ3n) is 8.61. The maximum absolute atomic E-state index is 13.8. The van der Waals surface area contributed by atoms with Gasteiger partial charge >= 0.3 is 0 Å². The van der Waals surface area contributed by atoms with Crippen molar-refractivity contribution in [1.82, 2.24) is 9.80 Å². The van der Waals surface area contributed by atoms with Gasteiger partial charge < -0.3 is 40.0 Å². The van der Waals surface area contributed by atoms with Crippen molar-refractivity contribution in [3.8, 4) is 17.2 Å². The van der Waals surface area contributed by atoms with Crippen LogP contribution in [0.4, 0.5) is 11.4 Å². The van der Waals surface area contributed by atoms with E-state index in [1.807, 2.05) is 43.0 Å². The lowest BCUT2D eigenvalue weighted by Gasteiger charge is -2.32. The fraction of sp³-hybridized carbons (Fsp3) is 0.462. The second kappa shape index (κ2) is 22.8. The molecule has 52 heavy (non-hydrogen) atoms. The number of amides is 3. The van der Waals surface area contributed by atoms with Gasteiger partial charge in [0.2, 0.25) is 5.91 Å². The lowest BCUT2D eigenvalue weighted by Crippen LogP contribution is -2.47. The minimum Gasteiger partial charge on any atom is -0.493 e. The first-order chi connectivity index (χ1) is 24.2. The van der Waals surface area contributed by atoms with E-state index >= 15 is 0 Å². The third kappa shape index (κ3) is 12.9. The number of nitrogens with one attached hydrogen (secondary N) is 1. The van der Waals surface area contributed by atoms with Crippen molar-refractivity contribution in [3.05, 3.63) is 77.4 Å².